The summed E-state index contributed by atoms with van der Waals surface area (Å²) in [6.07, 6.45) is 4.01. The first kappa shape index (κ1) is 26.7. The van der Waals surface area contributed by atoms with Crippen LogP contribution in [-0.4, -0.2) is 62.2 Å². The fourth-order valence-electron chi connectivity index (χ4n) is 4.20. The number of nitrogens with zero attached hydrogens (tertiary/aromatic N) is 2. The number of ether oxygens (including phenoxy) is 1. The molecule has 1 N–H and O–H groups in total. The van der Waals surface area contributed by atoms with Crippen LogP contribution in [0.1, 0.15) is 43.7 Å². The molecule has 1 saturated carbocycles. The third-order valence-corrected chi connectivity index (χ3v) is 8.26. The van der Waals surface area contributed by atoms with Gasteiger partial charge in [0.15, 0.2) is 0 Å². The lowest BCUT2D eigenvalue weighted by Gasteiger charge is -2.31. The lowest BCUT2D eigenvalue weighted by atomic mass is 10.1. The first-order valence-corrected chi connectivity index (χ1v) is 13.3. The molecule has 0 spiro atoms. The molecule has 0 bridgehead atoms. The minimum Gasteiger partial charge on any atom is -0.497 e. The van der Waals surface area contributed by atoms with Crippen molar-refractivity contribution in [2.24, 2.45) is 0 Å². The maximum Gasteiger partial charge on any atom is 0.243 e. The highest BCUT2D eigenvalue weighted by Crippen LogP contribution is 2.20. The van der Waals surface area contributed by atoms with Crippen LogP contribution in [-0.2, 0) is 26.2 Å². The second-order valence-corrected chi connectivity index (χ2v) is 11.2. The Hall–Kier alpha value is -2.91. The number of amides is 2. The molecule has 1 aliphatic rings. The van der Waals surface area contributed by atoms with Gasteiger partial charge in [-0.3, -0.25) is 9.59 Å². The molecular formula is C26H35N3O5S. The lowest BCUT2D eigenvalue weighted by Crippen LogP contribution is -2.52. The average Bonchev–Trinajstić information content (AvgIpc) is 3.35. The number of benzene rings is 2. The molecule has 0 heterocycles. The van der Waals surface area contributed by atoms with E-state index < -0.39 is 22.0 Å². The normalized spacial score (nSPS) is 15.1. The molecule has 8 nitrogen and oxygen atoms in total. The molecule has 35 heavy (non-hydrogen) atoms. The van der Waals surface area contributed by atoms with Crippen molar-refractivity contribution in [1.82, 2.24) is 14.5 Å². The number of rotatable bonds is 10. The fraction of sp³-hybridized carbons (Fsp3) is 0.462. The molecule has 2 aromatic carbocycles. The quantitative estimate of drug-likeness (QED) is 0.540. The van der Waals surface area contributed by atoms with E-state index in [2.05, 4.69) is 5.32 Å². The van der Waals surface area contributed by atoms with E-state index in [1.165, 1.54) is 24.1 Å². The summed E-state index contributed by atoms with van der Waals surface area (Å²) in [6.45, 7) is 3.31. The Kier molecular flexibility index (Phi) is 8.91. The summed E-state index contributed by atoms with van der Waals surface area (Å²) in [6, 6.07) is 13.1. The highest BCUT2D eigenvalue weighted by molar-refractivity contribution is 7.89. The fourth-order valence-corrected chi connectivity index (χ4v) is 5.32. The van der Waals surface area contributed by atoms with Gasteiger partial charge in [0.05, 0.1) is 18.6 Å². The van der Waals surface area contributed by atoms with E-state index in [0.717, 1.165) is 41.1 Å². The molecule has 1 aliphatic carbocycles. The zero-order valence-electron chi connectivity index (χ0n) is 20.9. The molecular weight excluding hydrogens is 466 g/mol. The predicted octanol–water partition coefficient (Wildman–Crippen LogP) is 3.10. The van der Waals surface area contributed by atoms with Crippen molar-refractivity contribution in [2.45, 2.75) is 63.1 Å². The summed E-state index contributed by atoms with van der Waals surface area (Å²) in [5, 5.41) is 3.05. The maximum absolute atomic E-state index is 13.4. The molecule has 0 unspecified atom stereocenters. The van der Waals surface area contributed by atoms with Crippen LogP contribution in [0.4, 0.5) is 0 Å². The lowest BCUT2D eigenvalue weighted by molar-refractivity contribution is -0.140. The number of likely N-dealkylation sites (N-methyl/N-ethyl adjacent to an activating group) is 1. The van der Waals surface area contributed by atoms with Crippen LogP contribution in [0.15, 0.2) is 53.4 Å². The van der Waals surface area contributed by atoms with Crippen LogP contribution in [0, 0.1) is 6.92 Å². The van der Waals surface area contributed by atoms with Gasteiger partial charge >= 0.3 is 0 Å². The first-order valence-electron chi connectivity index (χ1n) is 11.9. The molecule has 0 aliphatic heterocycles. The SMILES string of the molecule is COc1cccc(CN(C(=O)CN(C)S(=O)(=O)c2ccc(C)cc2)[C@@H](C)C(=O)NC2CCCC2)c1. The molecule has 2 aromatic rings. The molecule has 0 saturated heterocycles. The van der Waals surface area contributed by atoms with Crippen molar-refractivity contribution in [2.75, 3.05) is 20.7 Å². The zero-order chi connectivity index (χ0) is 25.6. The van der Waals surface area contributed by atoms with E-state index in [-0.39, 0.29) is 29.9 Å². The largest absolute Gasteiger partial charge is 0.497 e. The summed E-state index contributed by atoms with van der Waals surface area (Å²) in [5.74, 6) is -0.0608. The molecule has 1 atom stereocenters. The van der Waals surface area contributed by atoms with Crippen molar-refractivity contribution in [3.8, 4) is 5.75 Å². The van der Waals surface area contributed by atoms with E-state index >= 15 is 0 Å². The van der Waals surface area contributed by atoms with E-state index in [1.54, 1.807) is 38.3 Å². The van der Waals surface area contributed by atoms with E-state index in [4.69, 9.17) is 4.74 Å². The number of hydrogen-bond acceptors (Lipinski definition) is 5. The Morgan fingerprint density at radius 2 is 1.77 bits per heavy atom. The maximum atomic E-state index is 13.4. The summed E-state index contributed by atoms with van der Waals surface area (Å²) >= 11 is 0. The number of aryl methyl sites for hydroxylation is 1. The molecule has 0 radical (unpaired) electrons. The third-order valence-electron chi connectivity index (χ3n) is 6.44. The van der Waals surface area contributed by atoms with Gasteiger partial charge in [-0.2, -0.15) is 4.31 Å². The van der Waals surface area contributed by atoms with Crippen molar-refractivity contribution >= 4 is 21.8 Å². The van der Waals surface area contributed by atoms with E-state index in [9.17, 15) is 18.0 Å². The third kappa shape index (κ3) is 6.82. The van der Waals surface area contributed by atoms with Crippen molar-refractivity contribution in [3.63, 3.8) is 0 Å². The minimum atomic E-state index is -3.87. The molecule has 3 rings (SSSR count). The number of carbonyl (C=O) groups excluding carboxylic acids is 2. The number of methoxy groups -OCH3 is 1. The molecule has 190 valence electrons. The Bertz CT molecular complexity index is 1130. The number of sulfonamides is 1. The Morgan fingerprint density at radius 1 is 1.11 bits per heavy atom. The first-order chi connectivity index (χ1) is 16.6. The van der Waals surface area contributed by atoms with Crippen LogP contribution in [0.2, 0.25) is 0 Å². The monoisotopic (exact) mass is 501 g/mol. The van der Waals surface area contributed by atoms with Gasteiger partial charge in [-0.25, -0.2) is 8.42 Å². The molecule has 9 heteroatoms. The average molecular weight is 502 g/mol. The number of hydrogen-bond donors (Lipinski definition) is 1. The smallest absolute Gasteiger partial charge is 0.243 e. The molecule has 2 amide bonds. The zero-order valence-corrected chi connectivity index (χ0v) is 21.7. The van der Waals surface area contributed by atoms with Gasteiger partial charge in [0.1, 0.15) is 11.8 Å². The Balaban J connectivity index is 1.81. The van der Waals surface area contributed by atoms with Crippen molar-refractivity contribution < 1.29 is 22.7 Å². The summed E-state index contributed by atoms with van der Waals surface area (Å²) < 4.78 is 32.4. The summed E-state index contributed by atoms with van der Waals surface area (Å²) in [7, 11) is -0.932. The van der Waals surface area contributed by atoms with Gasteiger partial charge < -0.3 is 15.0 Å². The Labute approximate surface area is 208 Å². The summed E-state index contributed by atoms with van der Waals surface area (Å²) in [5.41, 5.74) is 1.72. The van der Waals surface area contributed by atoms with Crippen LogP contribution >= 0.6 is 0 Å². The van der Waals surface area contributed by atoms with Crippen LogP contribution in [0.5, 0.6) is 5.75 Å². The van der Waals surface area contributed by atoms with Gasteiger partial charge in [-0.1, -0.05) is 42.7 Å². The second kappa shape index (κ2) is 11.7. The van der Waals surface area contributed by atoms with Crippen molar-refractivity contribution in [3.05, 3.63) is 59.7 Å². The predicted molar refractivity (Wildman–Crippen MR) is 134 cm³/mol. The standard InChI is InChI=1S/C26H35N3O5S/c1-19-12-14-24(15-13-19)35(32,33)28(3)18-25(30)29(17-21-8-7-11-23(16-21)34-4)20(2)26(31)27-22-9-5-6-10-22/h7-8,11-16,20,22H,5-6,9-10,17-18H2,1-4H3,(H,27,31)/t20-/m0/s1. The van der Waals surface area contributed by atoms with Crippen molar-refractivity contribution in [1.29, 1.82) is 0 Å². The molecule has 1 fully saturated rings. The van der Waals surface area contributed by atoms with E-state index in [0.29, 0.717) is 5.75 Å². The molecule has 0 aromatic heterocycles. The number of carbonyl (C=O) groups is 2. The van der Waals surface area contributed by atoms with Crippen LogP contribution in [0.25, 0.3) is 0 Å². The highest BCUT2D eigenvalue weighted by Gasteiger charge is 2.31. The Morgan fingerprint density at radius 3 is 2.40 bits per heavy atom. The summed E-state index contributed by atoms with van der Waals surface area (Å²) in [4.78, 5) is 28.0. The van der Waals surface area contributed by atoms with Gasteiger partial charge in [-0.05, 0) is 56.5 Å². The van der Waals surface area contributed by atoms with Crippen LogP contribution in [0.3, 0.4) is 0 Å². The van der Waals surface area contributed by atoms with Crippen LogP contribution < -0.4 is 10.1 Å². The highest BCUT2D eigenvalue weighted by atomic mass is 32.2. The van der Waals surface area contributed by atoms with E-state index in [1.807, 2.05) is 19.1 Å². The second-order valence-electron chi connectivity index (χ2n) is 9.11. The van der Waals surface area contributed by atoms with Gasteiger partial charge in [0.2, 0.25) is 21.8 Å². The number of nitrogens with one attached hydrogen (secondary N) is 1. The minimum absolute atomic E-state index is 0.114. The van der Waals surface area contributed by atoms with Gasteiger partial charge in [0, 0.05) is 19.6 Å². The van der Waals surface area contributed by atoms with Gasteiger partial charge in [0.25, 0.3) is 0 Å². The topological polar surface area (TPSA) is 96.0 Å². The van der Waals surface area contributed by atoms with Gasteiger partial charge in [-0.15, -0.1) is 0 Å².